The Morgan fingerprint density at radius 3 is 2.50 bits per heavy atom. The van der Waals surface area contributed by atoms with E-state index in [1.54, 1.807) is 19.1 Å². The third-order valence-corrected chi connectivity index (χ3v) is 8.80. The molecule has 0 unspecified atom stereocenters. The fourth-order valence-electron chi connectivity index (χ4n) is 3.81. The van der Waals surface area contributed by atoms with E-state index in [2.05, 4.69) is 41.6 Å². The van der Waals surface area contributed by atoms with Gasteiger partial charge in [0.05, 0.1) is 17.9 Å². The Morgan fingerprint density at radius 1 is 1.06 bits per heavy atom. The molecule has 8 nitrogen and oxygen atoms in total. The molecule has 0 bridgehead atoms. The quantitative estimate of drug-likeness (QED) is 0.217. The molecule has 2 N–H and O–H groups in total. The smallest absolute Gasteiger partial charge is 0.341 e. The van der Waals surface area contributed by atoms with Gasteiger partial charge in [0.15, 0.2) is 4.34 Å². The average molecular weight is 545 g/mol. The highest BCUT2D eigenvalue weighted by Crippen LogP contribution is 2.39. The molecule has 0 aliphatic heterocycles. The number of nitrogens with zero attached hydrogens (tertiary/aromatic N) is 2. The summed E-state index contributed by atoms with van der Waals surface area (Å²) < 4.78 is 5.77. The highest BCUT2D eigenvalue weighted by molar-refractivity contribution is 8.01. The molecule has 36 heavy (non-hydrogen) atoms. The molecule has 1 aliphatic rings. The first-order valence-corrected chi connectivity index (χ1v) is 14.3. The van der Waals surface area contributed by atoms with Crippen molar-refractivity contribution >= 4 is 62.4 Å². The van der Waals surface area contributed by atoms with E-state index in [9.17, 15) is 14.4 Å². The fraction of sp³-hybridized carbons (Fsp3) is 0.400. The van der Waals surface area contributed by atoms with Gasteiger partial charge in [-0.05, 0) is 54.9 Å². The third-order valence-electron chi connectivity index (χ3n) is 5.62. The van der Waals surface area contributed by atoms with E-state index in [0.29, 0.717) is 25.6 Å². The van der Waals surface area contributed by atoms with Crippen LogP contribution in [0.2, 0.25) is 0 Å². The number of nitrogens with one attached hydrogen (secondary N) is 2. The summed E-state index contributed by atoms with van der Waals surface area (Å²) in [7, 11) is 0. The maximum atomic E-state index is 12.6. The van der Waals surface area contributed by atoms with Crippen molar-refractivity contribution in [1.82, 2.24) is 10.2 Å². The number of carbonyl (C=O) groups excluding carboxylic acids is 3. The van der Waals surface area contributed by atoms with E-state index in [1.807, 2.05) is 12.1 Å². The van der Waals surface area contributed by atoms with Crippen molar-refractivity contribution in [2.45, 2.75) is 56.7 Å². The van der Waals surface area contributed by atoms with Crippen LogP contribution >= 0.6 is 34.4 Å². The van der Waals surface area contributed by atoms with E-state index in [0.717, 1.165) is 35.3 Å². The minimum absolute atomic E-state index is 0.0105. The standard InChI is InChI=1S/C25H28N4O4S3/c1-5-33-22(32)19-16-7-6-8-17(16)35-21(19)26-18(30)13-34-24-29-28-23(36-24)27-20(31)14-9-11-15(12-10-14)25(2,3)4/h9-12H,5-8,13H2,1-4H3,(H,26,30)(H,27,28,31). The minimum Gasteiger partial charge on any atom is -0.462 e. The molecular weight excluding hydrogens is 517 g/mol. The second-order valence-electron chi connectivity index (χ2n) is 9.27. The van der Waals surface area contributed by atoms with Gasteiger partial charge in [-0.25, -0.2) is 4.79 Å². The number of ether oxygens (including phenoxy) is 1. The van der Waals surface area contributed by atoms with Crippen LogP contribution < -0.4 is 10.6 Å². The van der Waals surface area contributed by atoms with E-state index >= 15 is 0 Å². The lowest BCUT2D eigenvalue weighted by atomic mass is 9.87. The number of anilines is 2. The number of fused-ring (bicyclic) bond motifs is 1. The average Bonchev–Trinajstić information content (AvgIpc) is 3.54. The molecule has 2 aromatic heterocycles. The van der Waals surface area contributed by atoms with Crippen molar-refractivity contribution in [2.75, 3.05) is 23.0 Å². The highest BCUT2D eigenvalue weighted by Gasteiger charge is 2.28. The predicted octanol–water partition coefficient (Wildman–Crippen LogP) is 5.55. The Labute approximate surface area is 222 Å². The van der Waals surface area contributed by atoms with Crippen LogP contribution in [0.5, 0.6) is 0 Å². The Balaban J connectivity index is 1.33. The second-order valence-corrected chi connectivity index (χ2v) is 12.6. The Hall–Kier alpha value is -2.76. The van der Waals surface area contributed by atoms with Crippen molar-refractivity contribution in [3.63, 3.8) is 0 Å². The number of benzene rings is 1. The number of carbonyl (C=O) groups is 3. The van der Waals surface area contributed by atoms with Crippen LogP contribution in [0.3, 0.4) is 0 Å². The normalized spacial score (nSPS) is 12.8. The first-order chi connectivity index (χ1) is 17.2. The van der Waals surface area contributed by atoms with Crippen molar-refractivity contribution in [2.24, 2.45) is 0 Å². The maximum absolute atomic E-state index is 12.6. The van der Waals surface area contributed by atoms with E-state index in [4.69, 9.17) is 4.74 Å². The van der Waals surface area contributed by atoms with Crippen LogP contribution in [-0.4, -0.2) is 40.3 Å². The largest absolute Gasteiger partial charge is 0.462 e. The first-order valence-electron chi connectivity index (χ1n) is 11.7. The third kappa shape index (κ3) is 6.13. The van der Waals surface area contributed by atoms with Crippen molar-refractivity contribution < 1.29 is 19.1 Å². The molecule has 1 aliphatic carbocycles. The zero-order valence-corrected chi connectivity index (χ0v) is 23.0. The molecule has 0 fully saturated rings. The topological polar surface area (TPSA) is 110 Å². The fourth-order valence-corrected chi connectivity index (χ4v) is 6.65. The zero-order valence-electron chi connectivity index (χ0n) is 20.6. The maximum Gasteiger partial charge on any atom is 0.341 e. The van der Waals surface area contributed by atoms with Crippen molar-refractivity contribution in [3.8, 4) is 0 Å². The lowest BCUT2D eigenvalue weighted by molar-refractivity contribution is -0.113. The molecule has 3 aromatic rings. The monoisotopic (exact) mass is 544 g/mol. The molecule has 1 aromatic carbocycles. The number of aryl methyl sites for hydroxylation is 1. The molecule has 0 saturated carbocycles. The molecule has 4 rings (SSSR count). The van der Waals surface area contributed by atoms with Crippen LogP contribution in [-0.2, 0) is 27.8 Å². The van der Waals surface area contributed by atoms with Gasteiger partial charge in [-0.1, -0.05) is 56.0 Å². The number of thioether (sulfide) groups is 1. The number of amides is 2. The number of rotatable bonds is 8. The zero-order chi connectivity index (χ0) is 25.9. The number of thiophene rings is 1. The highest BCUT2D eigenvalue weighted by atomic mass is 32.2. The van der Waals surface area contributed by atoms with E-state index in [1.165, 1.54) is 34.4 Å². The summed E-state index contributed by atoms with van der Waals surface area (Å²) in [6.07, 6.45) is 2.75. The number of esters is 1. The number of hydrogen-bond acceptors (Lipinski definition) is 9. The molecule has 0 radical (unpaired) electrons. The van der Waals surface area contributed by atoms with Gasteiger partial charge in [0.2, 0.25) is 11.0 Å². The summed E-state index contributed by atoms with van der Waals surface area (Å²) in [5.41, 5.74) is 3.18. The Bertz CT molecular complexity index is 1280. The SMILES string of the molecule is CCOC(=O)c1c(NC(=O)CSc2nnc(NC(=O)c3ccc(C(C)(C)C)cc3)s2)sc2c1CCC2. The molecule has 0 atom stereocenters. The van der Waals surface area contributed by atoms with Gasteiger partial charge in [0.1, 0.15) is 5.00 Å². The van der Waals surface area contributed by atoms with E-state index < -0.39 is 5.97 Å². The Kier molecular flexibility index (Phi) is 8.11. The number of hydrogen-bond donors (Lipinski definition) is 2. The summed E-state index contributed by atoms with van der Waals surface area (Å²) in [5, 5.41) is 14.6. The minimum atomic E-state index is -0.391. The molecular formula is C25H28N4O4S3. The first kappa shape index (κ1) is 26.3. The Morgan fingerprint density at radius 2 is 1.81 bits per heavy atom. The van der Waals surface area contributed by atoms with Gasteiger partial charge in [-0.3, -0.25) is 14.9 Å². The summed E-state index contributed by atoms with van der Waals surface area (Å²) in [4.78, 5) is 38.8. The molecule has 0 spiro atoms. The molecule has 2 amide bonds. The lowest BCUT2D eigenvalue weighted by Crippen LogP contribution is -2.16. The summed E-state index contributed by atoms with van der Waals surface area (Å²) >= 11 is 3.87. The van der Waals surface area contributed by atoms with Gasteiger partial charge in [-0.2, -0.15) is 0 Å². The van der Waals surface area contributed by atoms with Crippen molar-refractivity contribution in [3.05, 3.63) is 51.4 Å². The number of aromatic nitrogens is 2. The molecule has 190 valence electrons. The van der Waals surface area contributed by atoms with Crippen LogP contribution in [0, 0.1) is 0 Å². The van der Waals surface area contributed by atoms with Crippen LogP contribution in [0.4, 0.5) is 10.1 Å². The molecule has 11 heteroatoms. The summed E-state index contributed by atoms with van der Waals surface area (Å²) in [5.74, 6) is -0.803. The predicted molar refractivity (Wildman–Crippen MR) is 145 cm³/mol. The molecule has 2 heterocycles. The van der Waals surface area contributed by atoms with Crippen molar-refractivity contribution in [1.29, 1.82) is 0 Å². The second kappa shape index (κ2) is 11.1. The van der Waals surface area contributed by atoms with Crippen LogP contribution in [0.25, 0.3) is 0 Å². The molecule has 0 saturated heterocycles. The van der Waals surface area contributed by atoms with Crippen LogP contribution in [0.1, 0.15) is 70.8 Å². The van der Waals surface area contributed by atoms with Gasteiger partial charge in [-0.15, -0.1) is 21.5 Å². The van der Waals surface area contributed by atoms with E-state index in [-0.39, 0.29) is 29.6 Å². The van der Waals surface area contributed by atoms with Gasteiger partial charge >= 0.3 is 5.97 Å². The van der Waals surface area contributed by atoms with Gasteiger partial charge in [0, 0.05) is 10.4 Å². The summed E-state index contributed by atoms with van der Waals surface area (Å²) in [6, 6.07) is 7.49. The van der Waals surface area contributed by atoms with Gasteiger partial charge < -0.3 is 10.1 Å². The lowest BCUT2D eigenvalue weighted by Gasteiger charge is -2.18. The van der Waals surface area contributed by atoms with Gasteiger partial charge in [0.25, 0.3) is 5.91 Å². The van der Waals surface area contributed by atoms with Crippen LogP contribution in [0.15, 0.2) is 28.6 Å². The summed E-state index contributed by atoms with van der Waals surface area (Å²) in [6.45, 7) is 8.41.